The number of oxazole rings is 1. The van der Waals surface area contributed by atoms with Crippen LogP contribution in [0, 0.1) is 20.8 Å². The van der Waals surface area contributed by atoms with Gasteiger partial charge in [-0.3, -0.25) is 0 Å². The highest BCUT2D eigenvalue weighted by molar-refractivity contribution is 7.11. The minimum Gasteiger partial charge on any atom is -0.438 e. The first-order valence-electron chi connectivity index (χ1n) is 5.16. The predicted octanol–water partition coefficient (Wildman–Crippen LogP) is 3.05. The normalized spacial score (nSPS) is 11.5. The van der Waals surface area contributed by atoms with E-state index in [1.165, 1.54) is 0 Å². The monoisotopic (exact) mass is 249 g/mol. The van der Waals surface area contributed by atoms with Gasteiger partial charge in [-0.15, -0.1) is 11.3 Å². The Balaban J connectivity index is 2.22. The fraction of sp³-hybridized carbons (Fsp3) is 0.273. The lowest BCUT2D eigenvalue weighted by atomic mass is 10.4. The SMILES string of the molecule is Cc1nc(-c2nc3oc(C)c(N)c3o2)c(C)s1. The lowest BCUT2D eigenvalue weighted by Gasteiger charge is -1.90. The van der Waals surface area contributed by atoms with Crippen LogP contribution in [0.1, 0.15) is 15.6 Å². The summed E-state index contributed by atoms with van der Waals surface area (Å²) in [4.78, 5) is 9.73. The third-order valence-electron chi connectivity index (χ3n) is 2.58. The standard InChI is InChI=1S/C11H11N3O2S/c1-4-7(12)9-11(15-4)14-10(16-9)8-5(2)17-6(3)13-8/h12H2,1-3H3. The molecular weight excluding hydrogens is 238 g/mol. The van der Waals surface area contributed by atoms with E-state index in [0.29, 0.717) is 28.6 Å². The van der Waals surface area contributed by atoms with Crippen molar-refractivity contribution in [1.29, 1.82) is 0 Å². The summed E-state index contributed by atoms with van der Waals surface area (Å²) >= 11 is 1.61. The second kappa shape index (κ2) is 3.33. The fourth-order valence-corrected chi connectivity index (χ4v) is 2.54. The average molecular weight is 249 g/mol. The van der Waals surface area contributed by atoms with Crippen LogP contribution in [-0.4, -0.2) is 9.97 Å². The summed E-state index contributed by atoms with van der Waals surface area (Å²) in [7, 11) is 0. The predicted molar refractivity (Wildman–Crippen MR) is 66.0 cm³/mol. The van der Waals surface area contributed by atoms with Crippen LogP contribution in [0.5, 0.6) is 0 Å². The van der Waals surface area contributed by atoms with Crippen molar-refractivity contribution in [1.82, 2.24) is 9.97 Å². The first kappa shape index (κ1) is 10.3. The number of aromatic nitrogens is 2. The summed E-state index contributed by atoms with van der Waals surface area (Å²) in [6.45, 7) is 5.72. The lowest BCUT2D eigenvalue weighted by Crippen LogP contribution is -1.83. The third-order valence-corrected chi connectivity index (χ3v) is 3.46. The molecule has 0 bridgehead atoms. The van der Waals surface area contributed by atoms with E-state index in [1.54, 1.807) is 18.3 Å². The topological polar surface area (TPSA) is 78.1 Å². The van der Waals surface area contributed by atoms with E-state index in [1.807, 2.05) is 13.8 Å². The van der Waals surface area contributed by atoms with Crippen LogP contribution in [0.2, 0.25) is 0 Å². The van der Waals surface area contributed by atoms with Gasteiger partial charge >= 0.3 is 0 Å². The van der Waals surface area contributed by atoms with Gasteiger partial charge in [0.1, 0.15) is 17.1 Å². The number of furan rings is 1. The van der Waals surface area contributed by atoms with Crippen molar-refractivity contribution in [2.24, 2.45) is 0 Å². The molecule has 0 aromatic carbocycles. The van der Waals surface area contributed by atoms with Crippen LogP contribution in [0.3, 0.4) is 0 Å². The maximum atomic E-state index is 5.83. The van der Waals surface area contributed by atoms with E-state index in [0.717, 1.165) is 15.6 Å². The van der Waals surface area contributed by atoms with Crippen molar-refractivity contribution in [3.63, 3.8) is 0 Å². The van der Waals surface area contributed by atoms with Crippen LogP contribution in [0.25, 0.3) is 22.9 Å². The molecule has 0 fully saturated rings. The second-order valence-corrected chi connectivity index (χ2v) is 5.27. The molecule has 3 heterocycles. The van der Waals surface area contributed by atoms with Crippen LogP contribution in [0.4, 0.5) is 5.69 Å². The van der Waals surface area contributed by atoms with Crippen molar-refractivity contribution in [3.8, 4) is 11.6 Å². The summed E-state index contributed by atoms with van der Waals surface area (Å²) < 4.78 is 11.0. The Hall–Kier alpha value is -1.82. The number of thiazole rings is 1. The van der Waals surface area contributed by atoms with E-state index in [2.05, 4.69) is 9.97 Å². The van der Waals surface area contributed by atoms with Gasteiger partial charge < -0.3 is 14.6 Å². The molecule has 0 aliphatic heterocycles. The Labute approximate surface area is 101 Å². The minimum absolute atomic E-state index is 0.431. The van der Waals surface area contributed by atoms with Gasteiger partial charge in [-0.1, -0.05) is 0 Å². The molecule has 0 spiro atoms. The van der Waals surface area contributed by atoms with Crippen molar-refractivity contribution >= 4 is 28.3 Å². The molecule has 3 rings (SSSR count). The second-order valence-electron chi connectivity index (χ2n) is 3.86. The molecule has 17 heavy (non-hydrogen) atoms. The maximum Gasteiger partial charge on any atom is 0.268 e. The Kier molecular flexibility index (Phi) is 2.03. The molecule has 0 aliphatic rings. The Morgan fingerprint density at radius 2 is 1.88 bits per heavy atom. The summed E-state index contributed by atoms with van der Waals surface area (Å²) in [6, 6.07) is 0. The molecule has 0 radical (unpaired) electrons. The quantitative estimate of drug-likeness (QED) is 0.717. The zero-order chi connectivity index (χ0) is 12.2. The number of fused-ring (bicyclic) bond motifs is 1. The number of nitrogens with zero attached hydrogens (tertiary/aromatic N) is 2. The van der Waals surface area contributed by atoms with Gasteiger partial charge in [0, 0.05) is 4.88 Å². The van der Waals surface area contributed by atoms with Crippen LogP contribution in [0.15, 0.2) is 8.83 Å². The number of nitrogen functional groups attached to an aromatic ring is 1. The van der Waals surface area contributed by atoms with E-state index in [-0.39, 0.29) is 0 Å². The van der Waals surface area contributed by atoms with Gasteiger partial charge in [0.2, 0.25) is 11.5 Å². The zero-order valence-corrected chi connectivity index (χ0v) is 10.5. The van der Waals surface area contributed by atoms with Crippen LogP contribution in [-0.2, 0) is 0 Å². The van der Waals surface area contributed by atoms with Gasteiger partial charge in [-0.05, 0) is 20.8 Å². The Morgan fingerprint density at radius 1 is 1.12 bits per heavy atom. The summed E-state index contributed by atoms with van der Waals surface area (Å²) in [5.41, 5.74) is 8.02. The molecule has 5 nitrogen and oxygen atoms in total. The third kappa shape index (κ3) is 1.44. The summed E-state index contributed by atoms with van der Waals surface area (Å²) in [5, 5.41) is 0.983. The van der Waals surface area contributed by atoms with Crippen molar-refractivity contribution in [2.45, 2.75) is 20.8 Å². The van der Waals surface area contributed by atoms with E-state index in [4.69, 9.17) is 14.6 Å². The first-order chi connectivity index (χ1) is 8.06. The number of aryl methyl sites for hydroxylation is 3. The van der Waals surface area contributed by atoms with Crippen molar-refractivity contribution < 1.29 is 8.83 Å². The van der Waals surface area contributed by atoms with Gasteiger partial charge in [-0.25, -0.2) is 4.98 Å². The van der Waals surface area contributed by atoms with E-state index >= 15 is 0 Å². The summed E-state index contributed by atoms with van der Waals surface area (Å²) in [5.74, 6) is 1.09. The highest BCUT2D eigenvalue weighted by Gasteiger charge is 2.19. The molecule has 6 heteroatoms. The lowest BCUT2D eigenvalue weighted by molar-refractivity contribution is 0.570. The first-order valence-corrected chi connectivity index (χ1v) is 5.97. The van der Waals surface area contributed by atoms with Gasteiger partial charge in [-0.2, -0.15) is 4.98 Å². The molecule has 0 atom stereocenters. The number of rotatable bonds is 1. The Morgan fingerprint density at radius 3 is 2.47 bits per heavy atom. The molecule has 3 aromatic rings. The van der Waals surface area contributed by atoms with Crippen molar-refractivity contribution in [3.05, 3.63) is 15.6 Å². The largest absolute Gasteiger partial charge is 0.438 e. The maximum absolute atomic E-state index is 5.83. The fourth-order valence-electron chi connectivity index (χ4n) is 1.73. The van der Waals surface area contributed by atoms with E-state index in [9.17, 15) is 0 Å². The van der Waals surface area contributed by atoms with E-state index < -0.39 is 0 Å². The molecule has 3 aromatic heterocycles. The molecule has 0 aliphatic carbocycles. The molecule has 0 saturated heterocycles. The van der Waals surface area contributed by atoms with Gasteiger partial charge in [0.15, 0.2) is 0 Å². The number of anilines is 1. The molecule has 0 amide bonds. The van der Waals surface area contributed by atoms with Gasteiger partial charge in [0.05, 0.1) is 5.01 Å². The average Bonchev–Trinajstić information content (AvgIpc) is 2.86. The minimum atomic E-state index is 0.431. The summed E-state index contributed by atoms with van der Waals surface area (Å²) in [6.07, 6.45) is 0. The number of nitrogens with two attached hydrogens (primary N) is 1. The highest BCUT2D eigenvalue weighted by Crippen LogP contribution is 2.33. The van der Waals surface area contributed by atoms with Crippen molar-refractivity contribution in [2.75, 3.05) is 5.73 Å². The molecule has 0 saturated carbocycles. The smallest absolute Gasteiger partial charge is 0.268 e. The zero-order valence-electron chi connectivity index (χ0n) is 9.70. The molecule has 0 unspecified atom stereocenters. The Bertz CT molecular complexity index is 708. The number of hydrogen-bond donors (Lipinski definition) is 1. The van der Waals surface area contributed by atoms with Gasteiger partial charge in [0.25, 0.3) is 5.71 Å². The van der Waals surface area contributed by atoms with Crippen LogP contribution < -0.4 is 5.73 Å². The highest BCUT2D eigenvalue weighted by atomic mass is 32.1. The number of hydrogen-bond acceptors (Lipinski definition) is 6. The molecular formula is C11H11N3O2S. The molecule has 88 valence electrons. The molecule has 2 N–H and O–H groups in total. The van der Waals surface area contributed by atoms with Crippen LogP contribution >= 0.6 is 11.3 Å².